The fraction of sp³-hybridized carbons (Fsp3) is 0.688. The number of amides is 1. The molecule has 0 aliphatic carbocycles. The molecule has 0 spiro atoms. The Balaban J connectivity index is 1.63. The van der Waals surface area contributed by atoms with Gasteiger partial charge in [0.2, 0.25) is 0 Å². The molecule has 1 amide bonds. The van der Waals surface area contributed by atoms with Crippen molar-refractivity contribution in [3.63, 3.8) is 0 Å². The topological polar surface area (TPSA) is 35.6 Å². The molecule has 0 atom stereocenters. The van der Waals surface area contributed by atoms with E-state index in [9.17, 15) is 4.79 Å². The molecule has 1 fully saturated rings. The fourth-order valence-electron chi connectivity index (χ4n) is 2.73. The first-order valence-corrected chi connectivity index (χ1v) is 8.91. The third-order valence-corrected chi connectivity index (χ3v) is 5.14. The molecule has 0 saturated carbocycles. The van der Waals surface area contributed by atoms with Crippen molar-refractivity contribution in [3.05, 3.63) is 21.9 Å². The summed E-state index contributed by atoms with van der Waals surface area (Å²) >= 11 is 1.54. The summed E-state index contributed by atoms with van der Waals surface area (Å²) in [6.07, 6.45) is 1.96. The zero-order valence-electron chi connectivity index (χ0n) is 13.2. The van der Waals surface area contributed by atoms with Gasteiger partial charge in [-0.1, -0.05) is 13.8 Å². The smallest absolute Gasteiger partial charge is 0.261 e. The number of hydrogen-bond acceptors (Lipinski definition) is 4. The van der Waals surface area contributed by atoms with E-state index in [-0.39, 0.29) is 5.91 Å². The van der Waals surface area contributed by atoms with Crippen molar-refractivity contribution in [2.75, 3.05) is 45.8 Å². The van der Waals surface area contributed by atoms with Gasteiger partial charge in [-0.05, 0) is 42.9 Å². The first-order chi connectivity index (χ1) is 10.2. The quantitative estimate of drug-likeness (QED) is 0.783. The van der Waals surface area contributed by atoms with Crippen molar-refractivity contribution in [3.8, 4) is 0 Å². The molecule has 118 valence electrons. The van der Waals surface area contributed by atoms with Crippen LogP contribution in [0, 0.1) is 0 Å². The second-order valence-electron chi connectivity index (χ2n) is 5.51. The summed E-state index contributed by atoms with van der Waals surface area (Å²) in [5.41, 5.74) is 1.16. The highest BCUT2D eigenvalue weighted by Gasteiger charge is 2.15. The van der Waals surface area contributed by atoms with Crippen LogP contribution in [0.3, 0.4) is 0 Å². The number of nitrogens with one attached hydrogen (secondary N) is 1. The monoisotopic (exact) mass is 309 g/mol. The molecule has 0 bridgehead atoms. The zero-order chi connectivity index (χ0) is 15.1. The number of nitrogens with zero attached hydrogens (tertiary/aromatic N) is 2. The molecule has 1 aromatic rings. The van der Waals surface area contributed by atoms with Crippen LogP contribution in [0.4, 0.5) is 0 Å². The van der Waals surface area contributed by atoms with Crippen LogP contribution in [0.5, 0.6) is 0 Å². The third-order valence-electron chi connectivity index (χ3n) is 4.18. The number of carbonyl (C=O) groups excluding carboxylic acids is 1. The molecular weight excluding hydrogens is 282 g/mol. The van der Waals surface area contributed by atoms with Crippen molar-refractivity contribution >= 4 is 17.2 Å². The van der Waals surface area contributed by atoms with Gasteiger partial charge in [-0.3, -0.25) is 4.79 Å². The highest BCUT2D eigenvalue weighted by molar-refractivity contribution is 7.12. The van der Waals surface area contributed by atoms with E-state index >= 15 is 0 Å². The minimum Gasteiger partial charge on any atom is -0.351 e. The van der Waals surface area contributed by atoms with Crippen molar-refractivity contribution in [2.45, 2.75) is 26.7 Å². The van der Waals surface area contributed by atoms with Gasteiger partial charge in [-0.15, -0.1) is 11.3 Å². The SMILES string of the molecule is CCc1ccsc1C(=O)NCCCN1CCN(CC)CC1. The van der Waals surface area contributed by atoms with E-state index in [0.717, 1.165) is 56.0 Å². The fourth-order valence-corrected chi connectivity index (χ4v) is 3.64. The number of likely N-dealkylation sites (N-methyl/N-ethyl adjacent to an activating group) is 1. The third kappa shape index (κ3) is 4.80. The van der Waals surface area contributed by atoms with Crippen LogP contribution in [0.25, 0.3) is 0 Å². The number of thiophene rings is 1. The minimum atomic E-state index is 0.0950. The average molecular weight is 309 g/mol. The number of rotatable bonds is 7. The summed E-state index contributed by atoms with van der Waals surface area (Å²) in [7, 11) is 0. The predicted octanol–water partition coefficient (Wildman–Crippen LogP) is 2.07. The average Bonchev–Trinajstić information content (AvgIpc) is 3.00. The molecule has 1 aromatic heterocycles. The van der Waals surface area contributed by atoms with Crippen molar-refractivity contribution in [1.29, 1.82) is 0 Å². The van der Waals surface area contributed by atoms with Crippen molar-refractivity contribution < 1.29 is 4.79 Å². The summed E-state index contributed by atoms with van der Waals surface area (Å²) in [4.78, 5) is 18.0. The Hall–Kier alpha value is -0.910. The number of hydrogen-bond donors (Lipinski definition) is 1. The molecule has 21 heavy (non-hydrogen) atoms. The maximum atomic E-state index is 12.1. The van der Waals surface area contributed by atoms with Crippen LogP contribution in [0.1, 0.15) is 35.5 Å². The van der Waals surface area contributed by atoms with E-state index in [1.165, 1.54) is 13.1 Å². The molecule has 5 heteroatoms. The van der Waals surface area contributed by atoms with Crippen LogP contribution in [0.15, 0.2) is 11.4 Å². The van der Waals surface area contributed by atoms with E-state index in [1.807, 2.05) is 11.4 Å². The molecule has 0 aromatic carbocycles. The Bertz CT molecular complexity index is 438. The molecule has 1 N–H and O–H groups in total. The summed E-state index contributed by atoms with van der Waals surface area (Å²) in [5.74, 6) is 0.0950. The lowest BCUT2D eigenvalue weighted by atomic mass is 10.2. The number of piperazine rings is 1. The van der Waals surface area contributed by atoms with E-state index < -0.39 is 0 Å². The Morgan fingerprint density at radius 2 is 1.95 bits per heavy atom. The van der Waals surface area contributed by atoms with Crippen LogP contribution in [-0.2, 0) is 6.42 Å². The van der Waals surface area contributed by atoms with Crippen molar-refractivity contribution in [1.82, 2.24) is 15.1 Å². The Morgan fingerprint density at radius 1 is 1.24 bits per heavy atom. The molecular formula is C16H27N3OS. The van der Waals surface area contributed by atoms with E-state index in [1.54, 1.807) is 11.3 Å². The molecule has 1 saturated heterocycles. The molecule has 1 aliphatic rings. The lowest BCUT2D eigenvalue weighted by Crippen LogP contribution is -2.46. The molecule has 4 nitrogen and oxygen atoms in total. The van der Waals surface area contributed by atoms with Gasteiger partial charge in [0.15, 0.2) is 0 Å². The highest BCUT2D eigenvalue weighted by atomic mass is 32.1. The molecule has 0 unspecified atom stereocenters. The second kappa shape index (κ2) is 8.51. The maximum absolute atomic E-state index is 12.1. The van der Waals surface area contributed by atoms with E-state index in [4.69, 9.17) is 0 Å². The Morgan fingerprint density at radius 3 is 2.62 bits per heavy atom. The van der Waals surface area contributed by atoms with Crippen LogP contribution >= 0.6 is 11.3 Å². The van der Waals surface area contributed by atoms with Gasteiger partial charge in [0.05, 0.1) is 4.88 Å². The van der Waals surface area contributed by atoms with Gasteiger partial charge >= 0.3 is 0 Å². The van der Waals surface area contributed by atoms with Gasteiger partial charge in [0.1, 0.15) is 0 Å². The van der Waals surface area contributed by atoms with Crippen LogP contribution in [-0.4, -0.2) is 61.5 Å². The molecule has 2 heterocycles. The van der Waals surface area contributed by atoms with Gasteiger partial charge in [-0.2, -0.15) is 0 Å². The second-order valence-corrected chi connectivity index (χ2v) is 6.43. The molecule has 0 radical (unpaired) electrons. The molecule has 2 rings (SSSR count). The number of carbonyl (C=O) groups is 1. The standard InChI is InChI=1S/C16H27N3OS/c1-3-14-6-13-21-15(14)16(20)17-7-5-8-19-11-9-18(4-2)10-12-19/h6,13H,3-5,7-12H2,1-2H3,(H,17,20). The highest BCUT2D eigenvalue weighted by Crippen LogP contribution is 2.16. The van der Waals surface area contributed by atoms with Crippen LogP contribution in [0.2, 0.25) is 0 Å². The Kier molecular flexibility index (Phi) is 6.67. The first-order valence-electron chi connectivity index (χ1n) is 8.03. The lowest BCUT2D eigenvalue weighted by Gasteiger charge is -2.33. The van der Waals surface area contributed by atoms with Crippen LogP contribution < -0.4 is 5.32 Å². The summed E-state index contributed by atoms with van der Waals surface area (Å²) < 4.78 is 0. The van der Waals surface area contributed by atoms with Gasteiger partial charge in [0, 0.05) is 32.7 Å². The van der Waals surface area contributed by atoms with Gasteiger partial charge < -0.3 is 15.1 Å². The van der Waals surface area contributed by atoms with E-state index in [0.29, 0.717) is 0 Å². The zero-order valence-corrected chi connectivity index (χ0v) is 14.0. The normalized spacial score (nSPS) is 17.0. The number of aryl methyl sites for hydroxylation is 1. The first kappa shape index (κ1) is 16.5. The summed E-state index contributed by atoms with van der Waals surface area (Å²) in [6.45, 7) is 12.0. The van der Waals surface area contributed by atoms with E-state index in [2.05, 4.69) is 29.0 Å². The van der Waals surface area contributed by atoms with Crippen molar-refractivity contribution in [2.24, 2.45) is 0 Å². The Labute approximate surface area is 132 Å². The largest absolute Gasteiger partial charge is 0.351 e. The van der Waals surface area contributed by atoms with Gasteiger partial charge in [0.25, 0.3) is 5.91 Å². The molecule has 1 aliphatic heterocycles. The minimum absolute atomic E-state index is 0.0950. The maximum Gasteiger partial charge on any atom is 0.261 e. The lowest BCUT2D eigenvalue weighted by molar-refractivity contribution is 0.0951. The summed E-state index contributed by atoms with van der Waals surface area (Å²) in [6, 6.07) is 2.05. The predicted molar refractivity (Wildman–Crippen MR) is 89.2 cm³/mol. The van der Waals surface area contributed by atoms with Gasteiger partial charge in [-0.25, -0.2) is 0 Å². The summed E-state index contributed by atoms with van der Waals surface area (Å²) in [5, 5.41) is 5.05.